The molecule has 2 aromatic carbocycles. The van der Waals surface area contributed by atoms with Crippen LogP contribution in [0.25, 0.3) is 0 Å². The minimum atomic E-state index is -0.539. The number of hydrogen-bond acceptors (Lipinski definition) is 5. The Morgan fingerprint density at radius 2 is 1.05 bits per heavy atom. The first kappa shape index (κ1) is 30.5. The van der Waals surface area contributed by atoms with E-state index in [-0.39, 0.29) is 24.4 Å². The van der Waals surface area contributed by atoms with Crippen LogP contribution in [0.3, 0.4) is 0 Å². The molecule has 0 heterocycles. The lowest BCUT2D eigenvalue weighted by Gasteiger charge is -2.31. The predicted octanol–water partition coefficient (Wildman–Crippen LogP) is 7.32. The summed E-state index contributed by atoms with van der Waals surface area (Å²) in [5, 5.41) is 10.0. The Morgan fingerprint density at radius 1 is 0.658 bits per heavy atom. The smallest absolute Gasteiger partial charge is 0.150 e. The van der Waals surface area contributed by atoms with Crippen molar-refractivity contribution >= 4 is 0 Å². The van der Waals surface area contributed by atoms with Crippen molar-refractivity contribution in [1.82, 2.24) is 0 Å². The minimum Gasteiger partial charge on any atom is -0.487 e. The summed E-state index contributed by atoms with van der Waals surface area (Å²) in [4.78, 5) is 0. The molecule has 4 rings (SSSR count). The molecule has 0 bridgehead atoms. The van der Waals surface area contributed by atoms with Crippen LogP contribution in [0.4, 0.5) is 0 Å². The summed E-state index contributed by atoms with van der Waals surface area (Å²) in [5.41, 5.74) is 0. The van der Waals surface area contributed by atoms with Crippen molar-refractivity contribution in [3.63, 3.8) is 0 Å². The van der Waals surface area contributed by atoms with Crippen molar-refractivity contribution in [2.75, 3.05) is 13.2 Å². The van der Waals surface area contributed by atoms with Crippen molar-refractivity contribution in [3.05, 3.63) is 60.7 Å². The van der Waals surface area contributed by atoms with E-state index in [1.54, 1.807) is 6.92 Å². The first-order valence-electron chi connectivity index (χ1n) is 14.8. The third kappa shape index (κ3) is 10.2. The minimum absolute atomic E-state index is 0.000145. The highest BCUT2D eigenvalue weighted by Crippen LogP contribution is 2.39. The van der Waals surface area contributed by atoms with Gasteiger partial charge in [0.15, 0.2) is 6.10 Å². The normalized spacial score (nSPS) is 19.0. The van der Waals surface area contributed by atoms with Crippen LogP contribution in [0.1, 0.15) is 73.1 Å². The van der Waals surface area contributed by atoms with Gasteiger partial charge in [-0.3, -0.25) is 0 Å². The van der Waals surface area contributed by atoms with Gasteiger partial charge in [-0.1, -0.05) is 64.1 Å². The number of rotatable bonds is 16. The maximum atomic E-state index is 10.0. The summed E-state index contributed by atoms with van der Waals surface area (Å²) in [6.45, 7) is 12.0. The molecule has 0 unspecified atom stereocenters. The fraction of sp³-hybridized carbons (Fsp3) is 0.636. The molecule has 2 aliphatic carbocycles. The van der Waals surface area contributed by atoms with Gasteiger partial charge in [0.2, 0.25) is 0 Å². The molecule has 1 N–H and O–H groups in total. The highest BCUT2D eigenvalue weighted by atomic mass is 16.6. The topological polar surface area (TPSA) is 57.2 Å². The van der Waals surface area contributed by atoms with Gasteiger partial charge in [-0.15, -0.1) is 0 Å². The lowest BCUT2D eigenvalue weighted by atomic mass is 9.98. The molecule has 0 spiro atoms. The first-order valence-corrected chi connectivity index (χ1v) is 14.8. The Morgan fingerprint density at radius 3 is 1.39 bits per heavy atom. The zero-order chi connectivity index (χ0) is 27.3. The molecule has 2 saturated carbocycles. The number of hydrogen-bond donors (Lipinski definition) is 1. The molecular weight excluding hydrogens is 476 g/mol. The fourth-order valence-corrected chi connectivity index (χ4v) is 4.69. The third-order valence-electron chi connectivity index (χ3n) is 7.01. The van der Waals surface area contributed by atoms with Crippen molar-refractivity contribution in [2.24, 2.45) is 17.8 Å². The van der Waals surface area contributed by atoms with Crippen LogP contribution in [0.2, 0.25) is 0 Å². The summed E-state index contributed by atoms with van der Waals surface area (Å²) in [7, 11) is 0. The second-order valence-electron chi connectivity index (χ2n) is 11.1. The van der Waals surface area contributed by atoms with Gasteiger partial charge in [-0.2, -0.15) is 0 Å². The van der Waals surface area contributed by atoms with Gasteiger partial charge >= 0.3 is 0 Å². The quantitative estimate of drug-likeness (QED) is 0.248. The average molecular weight is 527 g/mol. The van der Waals surface area contributed by atoms with E-state index in [1.807, 2.05) is 60.7 Å². The zero-order valence-electron chi connectivity index (χ0n) is 24.1. The predicted molar refractivity (Wildman–Crippen MR) is 154 cm³/mol. The van der Waals surface area contributed by atoms with E-state index in [9.17, 15) is 5.11 Å². The van der Waals surface area contributed by atoms with Crippen molar-refractivity contribution in [1.29, 1.82) is 0 Å². The summed E-state index contributed by atoms with van der Waals surface area (Å²) in [5.74, 6) is 3.44. The van der Waals surface area contributed by atoms with Crippen molar-refractivity contribution in [2.45, 2.75) is 104 Å². The van der Waals surface area contributed by atoms with E-state index in [2.05, 4.69) is 27.7 Å². The number of benzene rings is 2. The van der Waals surface area contributed by atoms with Crippen LogP contribution in [-0.4, -0.2) is 48.8 Å². The average Bonchev–Trinajstić information content (AvgIpc) is 3.84. The highest BCUT2D eigenvalue weighted by molar-refractivity contribution is 5.22. The molecule has 5 heteroatoms. The lowest BCUT2D eigenvalue weighted by Crippen LogP contribution is -2.43. The van der Waals surface area contributed by atoms with Gasteiger partial charge in [-0.25, -0.2) is 0 Å². The van der Waals surface area contributed by atoms with Gasteiger partial charge in [0.25, 0.3) is 0 Å². The number of aliphatic hydroxyl groups is 1. The molecule has 38 heavy (non-hydrogen) atoms. The monoisotopic (exact) mass is 526 g/mol. The molecule has 2 aromatic rings. The number of ether oxygens (including phenoxy) is 4. The van der Waals surface area contributed by atoms with Gasteiger partial charge in [-0.05, 0) is 87.5 Å². The van der Waals surface area contributed by atoms with Gasteiger partial charge in [0.1, 0.15) is 17.6 Å². The molecule has 5 atom stereocenters. The van der Waals surface area contributed by atoms with Crippen LogP contribution in [0.5, 0.6) is 11.5 Å². The molecule has 0 aliphatic heterocycles. The Balaban J connectivity index is 0.000000211. The Hall–Kier alpha value is -2.08. The van der Waals surface area contributed by atoms with E-state index in [0.29, 0.717) is 17.8 Å². The van der Waals surface area contributed by atoms with Gasteiger partial charge in [0.05, 0.1) is 18.3 Å². The van der Waals surface area contributed by atoms with Crippen LogP contribution in [0.15, 0.2) is 60.7 Å². The van der Waals surface area contributed by atoms with E-state index >= 15 is 0 Å². The van der Waals surface area contributed by atoms with E-state index < -0.39 is 6.10 Å². The van der Waals surface area contributed by atoms with Gasteiger partial charge in [0, 0.05) is 13.2 Å². The summed E-state index contributed by atoms with van der Waals surface area (Å²) >= 11 is 0. The van der Waals surface area contributed by atoms with Crippen LogP contribution in [-0.2, 0) is 9.47 Å². The van der Waals surface area contributed by atoms with Crippen molar-refractivity contribution < 1.29 is 24.1 Å². The largest absolute Gasteiger partial charge is 0.487 e. The first-order chi connectivity index (χ1) is 18.4. The Bertz CT molecular complexity index is 790. The van der Waals surface area contributed by atoms with E-state index in [1.165, 1.54) is 25.7 Å². The summed E-state index contributed by atoms with van der Waals surface area (Å²) in [6.07, 6.45) is 6.56. The fourth-order valence-electron chi connectivity index (χ4n) is 4.69. The standard InChI is InChI=1S/C17H26O2.C16H24O3/c1-4-12-18-17(14-10-11-14)16(13(2)3)19-15-8-6-5-7-9-15;1-3-11-18-16(13-9-10-13)15(12(2)17)19-14-7-5-4-6-8-14/h5-9,13-14,16-17H,4,10-12H2,1-3H3;4-8,12-13,15-17H,3,9-11H2,1-2H3/t16-,17-;12-,15-,16-/m00/s1. The molecule has 5 nitrogen and oxygen atoms in total. The zero-order valence-corrected chi connectivity index (χ0v) is 24.1. The van der Waals surface area contributed by atoms with Gasteiger partial charge < -0.3 is 24.1 Å². The Labute approximate surface area is 230 Å². The van der Waals surface area contributed by atoms with E-state index in [0.717, 1.165) is 37.6 Å². The third-order valence-corrected chi connectivity index (χ3v) is 7.01. The lowest BCUT2D eigenvalue weighted by molar-refractivity contribution is -0.0813. The van der Waals surface area contributed by atoms with Crippen LogP contribution in [0, 0.1) is 17.8 Å². The molecule has 0 radical (unpaired) electrons. The second-order valence-corrected chi connectivity index (χ2v) is 11.1. The molecule has 2 fully saturated rings. The summed E-state index contributed by atoms with van der Waals surface area (Å²) < 4.78 is 24.2. The number of para-hydroxylation sites is 2. The molecule has 0 amide bonds. The highest BCUT2D eigenvalue weighted by Gasteiger charge is 2.41. The maximum absolute atomic E-state index is 10.0. The van der Waals surface area contributed by atoms with Crippen molar-refractivity contribution in [3.8, 4) is 11.5 Å². The molecule has 0 saturated heterocycles. The van der Waals surface area contributed by atoms with Crippen LogP contribution >= 0.6 is 0 Å². The van der Waals surface area contributed by atoms with E-state index in [4.69, 9.17) is 18.9 Å². The second kappa shape index (κ2) is 16.1. The molecular formula is C33H50O5. The molecule has 212 valence electrons. The van der Waals surface area contributed by atoms with Crippen LogP contribution < -0.4 is 9.47 Å². The molecule has 0 aromatic heterocycles. The number of aliphatic hydroxyl groups excluding tert-OH is 1. The SMILES string of the molecule is CCCO[C@@H](C1CC1)[C@@H](Oc1ccccc1)C(C)C.CCCO[C@@H](C1CC1)[C@@H](Oc1ccccc1)[C@H](C)O. The molecule has 2 aliphatic rings. The Kier molecular flexibility index (Phi) is 12.9. The summed E-state index contributed by atoms with van der Waals surface area (Å²) in [6, 6.07) is 19.8. The maximum Gasteiger partial charge on any atom is 0.150 e.